The maximum Gasteiger partial charge on any atom is 0.340 e. The van der Waals surface area contributed by atoms with Crippen molar-refractivity contribution in [2.45, 2.75) is 13.8 Å². The smallest absolute Gasteiger partial charge is 0.340 e. The predicted molar refractivity (Wildman–Crippen MR) is 81.4 cm³/mol. The fourth-order valence-corrected chi connectivity index (χ4v) is 2.00. The predicted octanol–water partition coefficient (Wildman–Crippen LogP) is 3.55. The summed E-state index contributed by atoms with van der Waals surface area (Å²) < 4.78 is 18.7. The van der Waals surface area contributed by atoms with E-state index >= 15 is 0 Å². The Labute approximate surface area is 122 Å². The van der Waals surface area contributed by atoms with Crippen molar-refractivity contribution in [3.63, 3.8) is 0 Å². The van der Waals surface area contributed by atoms with Gasteiger partial charge in [-0.1, -0.05) is 12.1 Å². The molecule has 0 spiro atoms. The number of hydrogen-bond acceptors (Lipinski definition) is 4. The number of benzene rings is 2. The second kappa shape index (κ2) is 5.83. The molecule has 0 fully saturated rings. The van der Waals surface area contributed by atoms with E-state index in [9.17, 15) is 9.18 Å². The lowest BCUT2D eigenvalue weighted by molar-refractivity contribution is 0.0602. The number of hydrogen-bond donors (Lipinski definition) is 2. The lowest BCUT2D eigenvalue weighted by Crippen LogP contribution is -2.08. The number of aryl methyl sites for hydroxylation is 1. The zero-order valence-electron chi connectivity index (χ0n) is 12.2. The van der Waals surface area contributed by atoms with Crippen LogP contribution in [0, 0.1) is 19.7 Å². The summed E-state index contributed by atoms with van der Waals surface area (Å²) in [5, 5.41) is 2.99. The van der Waals surface area contributed by atoms with Crippen LogP contribution in [0.2, 0.25) is 0 Å². The Kier molecular flexibility index (Phi) is 4.12. The molecule has 21 heavy (non-hydrogen) atoms. The normalized spacial score (nSPS) is 10.3. The number of ether oxygens (including phenoxy) is 1. The molecule has 2 rings (SSSR count). The zero-order chi connectivity index (χ0) is 15.6. The highest BCUT2D eigenvalue weighted by Gasteiger charge is 2.15. The SMILES string of the molecule is COC(=O)c1cc(Nc2cccc(C)c2C)c(F)cc1N. The summed E-state index contributed by atoms with van der Waals surface area (Å²) in [4.78, 5) is 11.6. The summed E-state index contributed by atoms with van der Waals surface area (Å²) in [6, 6.07) is 8.16. The van der Waals surface area contributed by atoms with Gasteiger partial charge >= 0.3 is 5.97 Å². The van der Waals surface area contributed by atoms with Crippen LogP contribution in [-0.4, -0.2) is 13.1 Å². The summed E-state index contributed by atoms with van der Waals surface area (Å²) in [5.74, 6) is -1.13. The van der Waals surface area contributed by atoms with E-state index in [4.69, 9.17) is 5.73 Å². The van der Waals surface area contributed by atoms with Crippen LogP contribution >= 0.6 is 0 Å². The van der Waals surface area contributed by atoms with Crippen LogP contribution in [0.15, 0.2) is 30.3 Å². The van der Waals surface area contributed by atoms with E-state index < -0.39 is 11.8 Å². The highest BCUT2D eigenvalue weighted by Crippen LogP contribution is 2.28. The maximum atomic E-state index is 14.0. The molecule has 0 aromatic heterocycles. The first kappa shape index (κ1) is 14.8. The second-order valence-corrected chi connectivity index (χ2v) is 4.78. The molecular weight excluding hydrogens is 271 g/mol. The molecule has 5 heteroatoms. The molecule has 3 N–H and O–H groups in total. The van der Waals surface area contributed by atoms with Gasteiger partial charge in [0.2, 0.25) is 0 Å². The first-order chi connectivity index (χ1) is 9.93. The van der Waals surface area contributed by atoms with Crippen LogP contribution in [0.1, 0.15) is 21.5 Å². The standard InChI is InChI=1S/C16H17FN2O2/c1-9-5-4-6-14(10(9)2)19-15-7-11(16(20)21-3)13(18)8-12(15)17/h4-8,19H,18H2,1-3H3. The number of carbonyl (C=O) groups excluding carboxylic acids is 1. The maximum absolute atomic E-state index is 14.0. The van der Waals surface area contributed by atoms with E-state index in [1.807, 2.05) is 32.0 Å². The summed E-state index contributed by atoms with van der Waals surface area (Å²) in [6.45, 7) is 3.91. The molecule has 0 bridgehead atoms. The number of methoxy groups -OCH3 is 1. The van der Waals surface area contributed by atoms with Gasteiger partial charge in [-0.25, -0.2) is 9.18 Å². The first-order valence-electron chi connectivity index (χ1n) is 6.44. The van der Waals surface area contributed by atoms with Crippen LogP contribution in [0.5, 0.6) is 0 Å². The van der Waals surface area contributed by atoms with Gasteiger partial charge in [-0.15, -0.1) is 0 Å². The molecule has 0 aliphatic heterocycles. The second-order valence-electron chi connectivity index (χ2n) is 4.78. The fraction of sp³-hybridized carbons (Fsp3) is 0.188. The zero-order valence-corrected chi connectivity index (χ0v) is 12.2. The Hall–Kier alpha value is -2.56. The quantitative estimate of drug-likeness (QED) is 0.669. The van der Waals surface area contributed by atoms with Crippen molar-refractivity contribution in [3.05, 3.63) is 52.8 Å². The summed E-state index contributed by atoms with van der Waals surface area (Å²) in [7, 11) is 1.25. The third-order valence-corrected chi connectivity index (χ3v) is 3.42. The monoisotopic (exact) mass is 288 g/mol. The summed E-state index contributed by atoms with van der Waals surface area (Å²) in [5.41, 5.74) is 8.87. The molecule has 2 aromatic rings. The van der Waals surface area contributed by atoms with E-state index in [2.05, 4.69) is 10.1 Å². The number of carbonyl (C=O) groups is 1. The highest BCUT2D eigenvalue weighted by atomic mass is 19.1. The Morgan fingerprint density at radius 2 is 1.95 bits per heavy atom. The Morgan fingerprint density at radius 3 is 2.62 bits per heavy atom. The minimum absolute atomic E-state index is 0.0471. The highest BCUT2D eigenvalue weighted by molar-refractivity contribution is 5.96. The van der Waals surface area contributed by atoms with Crippen LogP contribution < -0.4 is 11.1 Å². The number of nitrogens with two attached hydrogens (primary N) is 1. The third-order valence-electron chi connectivity index (χ3n) is 3.42. The molecule has 0 atom stereocenters. The van der Waals surface area contributed by atoms with Crippen molar-refractivity contribution >= 4 is 23.0 Å². The van der Waals surface area contributed by atoms with Crippen LogP contribution in [0.25, 0.3) is 0 Å². The van der Waals surface area contributed by atoms with Gasteiger partial charge < -0.3 is 15.8 Å². The van der Waals surface area contributed by atoms with E-state index in [1.54, 1.807) is 0 Å². The van der Waals surface area contributed by atoms with E-state index in [0.717, 1.165) is 22.9 Å². The Morgan fingerprint density at radius 1 is 1.24 bits per heavy atom. The van der Waals surface area contributed by atoms with Gasteiger partial charge in [-0.05, 0) is 43.2 Å². The number of rotatable bonds is 3. The fourth-order valence-electron chi connectivity index (χ4n) is 2.00. The molecule has 0 aliphatic rings. The molecule has 0 amide bonds. The number of nitrogens with one attached hydrogen (secondary N) is 1. The number of halogens is 1. The largest absolute Gasteiger partial charge is 0.465 e. The molecule has 0 saturated carbocycles. The molecule has 0 aliphatic carbocycles. The van der Waals surface area contributed by atoms with Crippen LogP contribution in [0.3, 0.4) is 0 Å². The minimum atomic E-state index is -0.600. The Balaban J connectivity index is 2.44. The molecule has 0 unspecified atom stereocenters. The minimum Gasteiger partial charge on any atom is -0.465 e. The number of anilines is 3. The van der Waals surface area contributed by atoms with Crippen LogP contribution in [-0.2, 0) is 4.74 Å². The third kappa shape index (κ3) is 2.97. The molecule has 110 valence electrons. The van der Waals surface area contributed by atoms with Crippen LogP contribution in [0.4, 0.5) is 21.5 Å². The molecule has 4 nitrogen and oxygen atoms in total. The lowest BCUT2D eigenvalue weighted by Gasteiger charge is -2.14. The van der Waals surface area contributed by atoms with Gasteiger partial charge in [0, 0.05) is 11.4 Å². The van der Waals surface area contributed by atoms with Gasteiger partial charge in [0.1, 0.15) is 5.82 Å². The Bertz CT molecular complexity index is 699. The van der Waals surface area contributed by atoms with E-state index in [-0.39, 0.29) is 16.9 Å². The molecule has 0 radical (unpaired) electrons. The average Bonchev–Trinajstić information content (AvgIpc) is 2.45. The van der Waals surface area contributed by atoms with Gasteiger partial charge in [-0.3, -0.25) is 0 Å². The summed E-state index contributed by atoms with van der Waals surface area (Å²) in [6.07, 6.45) is 0. The van der Waals surface area contributed by atoms with Gasteiger partial charge in [0.15, 0.2) is 0 Å². The van der Waals surface area contributed by atoms with E-state index in [0.29, 0.717) is 0 Å². The molecular formula is C16H17FN2O2. The topological polar surface area (TPSA) is 64.3 Å². The average molecular weight is 288 g/mol. The van der Waals surface area contributed by atoms with Gasteiger partial charge in [0.05, 0.1) is 18.4 Å². The van der Waals surface area contributed by atoms with E-state index in [1.165, 1.54) is 13.2 Å². The van der Waals surface area contributed by atoms with Gasteiger partial charge in [0.25, 0.3) is 0 Å². The lowest BCUT2D eigenvalue weighted by atomic mass is 10.1. The summed E-state index contributed by atoms with van der Waals surface area (Å²) >= 11 is 0. The van der Waals surface area contributed by atoms with Crippen molar-refractivity contribution in [1.82, 2.24) is 0 Å². The van der Waals surface area contributed by atoms with Gasteiger partial charge in [-0.2, -0.15) is 0 Å². The van der Waals surface area contributed by atoms with Crippen molar-refractivity contribution in [1.29, 1.82) is 0 Å². The number of nitrogen functional groups attached to an aromatic ring is 1. The molecule has 0 heterocycles. The van der Waals surface area contributed by atoms with Crippen molar-refractivity contribution in [2.75, 3.05) is 18.2 Å². The number of esters is 1. The van der Waals surface area contributed by atoms with Crippen molar-refractivity contribution in [2.24, 2.45) is 0 Å². The van der Waals surface area contributed by atoms with Crippen molar-refractivity contribution < 1.29 is 13.9 Å². The first-order valence-corrected chi connectivity index (χ1v) is 6.44. The van der Waals surface area contributed by atoms with Crippen molar-refractivity contribution in [3.8, 4) is 0 Å². The molecule has 0 saturated heterocycles. The molecule has 2 aromatic carbocycles.